The van der Waals surface area contributed by atoms with Crippen LogP contribution < -0.4 is 10.1 Å². The van der Waals surface area contributed by atoms with Gasteiger partial charge in [0, 0.05) is 28.4 Å². The molecule has 0 atom stereocenters. The van der Waals surface area contributed by atoms with Crippen LogP contribution in [0.4, 0.5) is 10.1 Å². The van der Waals surface area contributed by atoms with Crippen LogP contribution in [0.5, 0.6) is 5.75 Å². The number of fused-ring (bicyclic) bond motifs is 1. The van der Waals surface area contributed by atoms with Crippen LogP contribution in [0.3, 0.4) is 0 Å². The summed E-state index contributed by atoms with van der Waals surface area (Å²) in [5.74, 6) is -0.673. The number of halogens is 1. The van der Waals surface area contributed by atoms with Crippen LogP contribution in [0, 0.1) is 24.1 Å². The van der Waals surface area contributed by atoms with Gasteiger partial charge in [0.2, 0.25) is 0 Å². The molecule has 4 aromatic rings. The first-order chi connectivity index (χ1) is 16.0. The largest absolute Gasteiger partial charge is 0.489 e. The highest BCUT2D eigenvalue weighted by molar-refractivity contribution is 6.10. The SMILES string of the molecule is Cc1cccc(NC(=O)/C(C#N)=C/c2cn(CCOc3ccccc3F)c3ccccc23)c1. The monoisotopic (exact) mass is 439 g/mol. The van der Waals surface area contributed by atoms with Crippen molar-refractivity contribution in [2.24, 2.45) is 0 Å². The quantitative estimate of drug-likeness (QED) is 0.296. The van der Waals surface area contributed by atoms with Crippen molar-refractivity contribution >= 4 is 28.6 Å². The maximum atomic E-state index is 13.8. The number of para-hydroxylation sites is 2. The highest BCUT2D eigenvalue weighted by Crippen LogP contribution is 2.24. The Morgan fingerprint density at radius 3 is 2.70 bits per heavy atom. The predicted octanol–water partition coefficient (Wildman–Crippen LogP) is 5.71. The molecule has 0 bridgehead atoms. The normalized spacial score (nSPS) is 11.2. The van der Waals surface area contributed by atoms with Gasteiger partial charge in [0.05, 0.1) is 6.54 Å². The number of rotatable bonds is 7. The summed E-state index contributed by atoms with van der Waals surface area (Å²) in [6.45, 7) is 2.67. The Morgan fingerprint density at radius 2 is 1.91 bits per heavy atom. The minimum Gasteiger partial charge on any atom is -0.489 e. The lowest BCUT2D eigenvalue weighted by atomic mass is 10.1. The van der Waals surface area contributed by atoms with E-state index in [4.69, 9.17) is 4.74 Å². The van der Waals surface area contributed by atoms with Crippen LogP contribution in [-0.2, 0) is 11.3 Å². The molecular weight excluding hydrogens is 417 g/mol. The fraction of sp³-hybridized carbons (Fsp3) is 0.111. The maximum absolute atomic E-state index is 13.8. The molecule has 1 N–H and O–H groups in total. The third-order valence-corrected chi connectivity index (χ3v) is 5.19. The molecule has 0 aliphatic rings. The number of nitrogens with one attached hydrogen (secondary N) is 1. The van der Waals surface area contributed by atoms with Gasteiger partial charge in [-0.15, -0.1) is 0 Å². The van der Waals surface area contributed by atoms with E-state index < -0.39 is 11.7 Å². The smallest absolute Gasteiger partial charge is 0.266 e. The van der Waals surface area contributed by atoms with Gasteiger partial charge >= 0.3 is 0 Å². The lowest BCUT2D eigenvalue weighted by molar-refractivity contribution is -0.112. The third kappa shape index (κ3) is 5.10. The summed E-state index contributed by atoms with van der Waals surface area (Å²) in [6.07, 6.45) is 3.45. The van der Waals surface area contributed by atoms with Crippen molar-refractivity contribution in [3.05, 3.63) is 102 Å². The zero-order valence-corrected chi connectivity index (χ0v) is 18.1. The number of benzene rings is 3. The van der Waals surface area contributed by atoms with Gasteiger partial charge in [0.1, 0.15) is 18.2 Å². The average Bonchev–Trinajstić information content (AvgIpc) is 3.16. The van der Waals surface area contributed by atoms with E-state index in [2.05, 4.69) is 5.32 Å². The van der Waals surface area contributed by atoms with Crippen molar-refractivity contribution in [3.63, 3.8) is 0 Å². The summed E-state index contributed by atoms with van der Waals surface area (Å²) in [4.78, 5) is 12.7. The number of hydrogen-bond acceptors (Lipinski definition) is 3. The van der Waals surface area contributed by atoms with E-state index in [1.54, 1.807) is 30.3 Å². The van der Waals surface area contributed by atoms with Crippen LogP contribution in [-0.4, -0.2) is 17.1 Å². The Kier molecular flexibility index (Phi) is 6.51. The summed E-state index contributed by atoms with van der Waals surface area (Å²) in [6, 6.07) is 23.4. The predicted molar refractivity (Wildman–Crippen MR) is 127 cm³/mol. The van der Waals surface area contributed by atoms with Gasteiger partial charge in [-0.25, -0.2) is 4.39 Å². The molecule has 4 rings (SSSR count). The van der Waals surface area contributed by atoms with Crippen molar-refractivity contribution in [1.82, 2.24) is 4.57 Å². The molecule has 0 radical (unpaired) electrons. The van der Waals surface area contributed by atoms with Crippen molar-refractivity contribution < 1.29 is 13.9 Å². The second kappa shape index (κ2) is 9.84. The number of nitriles is 1. The molecule has 0 aliphatic carbocycles. The van der Waals surface area contributed by atoms with E-state index in [1.165, 1.54) is 6.07 Å². The molecule has 0 saturated heterocycles. The van der Waals surface area contributed by atoms with Gasteiger partial charge in [0.25, 0.3) is 5.91 Å². The minimum atomic E-state index is -0.470. The Hall–Kier alpha value is -4.37. The molecule has 0 saturated carbocycles. The number of aryl methyl sites for hydroxylation is 1. The van der Waals surface area contributed by atoms with Crippen molar-refractivity contribution in [2.45, 2.75) is 13.5 Å². The number of aromatic nitrogens is 1. The number of anilines is 1. The summed E-state index contributed by atoms with van der Waals surface area (Å²) in [5.41, 5.74) is 3.32. The number of ether oxygens (including phenoxy) is 1. The molecule has 0 unspecified atom stereocenters. The molecule has 0 spiro atoms. The molecule has 0 aliphatic heterocycles. The van der Waals surface area contributed by atoms with Crippen LogP contribution >= 0.6 is 0 Å². The number of hydrogen-bond donors (Lipinski definition) is 1. The summed E-state index contributed by atoms with van der Waals surface area (Å²) in [5, 5.41) is 13.3. The second-order valence-corrected chi connectivity index (χ2v) is 7.57. The third-order valence-electron chi connectivity index (χ3n) is 5.19. The van der Waals surface area contributed by atoms with Crippen LogP contribution in [0.2, 0.25) is 0 Å². The van der Waals surface area contributed by atoms with Crippen LogP contribution in [0.25, 0.3) is 17.0 Å². The fourth-order valence-electron chi connectivity index (χ4n) is 3.62. The first-order valence-electron chi connectivity index (χ1n) is 10.5. The van der Waals surface area contributed by atoms with Crippen LogP contribution in [0.15, 0.2) is 84.6 Å². The van der Waals surface area contributed by atoms with E-state index in [1.807, 2.05) is 66.2 Å². The first kappa shape index (κ1) is 21.8. The molecule has 3 aromatic carbocycles. The van der Waals surface area contributed by atoms with Crippen molar-refractivity contribution in [2.75, 3.05) is 11.9 Å². The lowest BCUT2D eigenvalue weighted by Gasteiger charge is -2.08. The molecule has 33 heavy (non-hydrogen) atoms. The molecule has 164 valence electrons. The van der Waals surface area contributed by atoms with Gasteiger partial charge in [-0.1, -0.05) is 42.5 Å². The van der Waals surface area contributed by atoms with Gasteiger partial charge < -0.3 is 14.6 Å². The second-order valence-electron chi connectivity index (χ2n) is 7.57. The lowest BCUT2D eigenvalue weighted by Crippen LogP contribution is -2.13. The van der Waals surface area contributed by atoms with E-state index >= 15 is 0 Å². The number of nitrogens with zero attached hydrogens (tertiary/aromatic N) is 2. The molecule has 6 heteroatoms. The molecular formula is C27H22FN3O2. The molecule has 1 heterocycles. The highest BCUT2D eigenvalue weighted by Gasteiger charge is 2.13. The standard InChI is InChI=1S/C27H22FN3O2/c1-19-7-6-8-22(15-19)30-27(32)20(17-29)16-21-18-31(25-11-4-2-9-23(21)25)13-14-33-26-12-5-3-10-24(26)28/h2-12,15-16,18H,13-14H2,1H3,(H,30,32)/b20-16+. The number of amides is 1. The van der Waals surface area contributed by atoms with Gasteiger partial charge in [-0.05, 0) is 48.9 Å². The zero-order chi connectivity index (χ0) is 23.2. The Bertz CT molecular complexity index is 1380. The Balaban J connectivity index is 1.56. The van der Waals surface area contributed by atoms with Crippen LogP contribution in [0.1, 0.15) is 11.1 Å². The van der Waals surface area contributed by atoms with Crippen molar-refractivity contribution in [1.29, 1.82) is 5.26 Å². The fourth-order valence-corrected chi connectivity index (χ4v) is 3.62. The van der Waals surface area contributed by atoms with Crippen molar-refractivity contribution in [3.8, 4) is 11.8 Å². The maximum Gasteiger partial charge on any atom is 0.266 e. The van der Waals surface area contributed by atoms with E-state index in [9.17, 15) is 14.4 Å². The topological polar surface area (TPSA) is 67.0 Å². The van der Waals surface area contributed by atoms with E-state index in [-0.39, 0.29) is 17.9 Å². The van der Waals surface area contributed by atoms with Gasteiger partial charge in [-0.3, -0.25) is 4.79 Å². The van der Waals surface area contributed by atoms with E-state index in [0.29, 0.717) is 12.2 Å². The zero-order valence-electron chi connectivity index (χ0n) is 18.1. The Morgan fingerprint density at radius 1 is 1.12 bits per heavy atom. The minimum absolute atomic E-state index is 0.00187. The summed E-state index contributed by atoms with van der Waals surface area (Å²) < 4.78 is 21.4. The highest BCUT2D eigenvalue weighted by atomic mass is 19.1. The average molecular weight is 439 g/mol. The van der Waals surface area contributed by atoms with Gasteiger partial charge in [-0.2, -0.15) is 5.26 Å². The van der Waals surface area contributed by atoms with Gasteiger partial charge in [0.15, 0.2) is 11.6 Å². The molecule has 0 fully saturated rings. The first-order valence-corrected chi connectivity index (χ1v) is 10.5. The molecule has 1 aromatic heterocycles. The summed E-state index contributed by atoms with van der Waals surface area (Å²) in [7, 11) is 0. The molecule has 5 nitrogen and oxygen atoms in total. The Labute approximate surface area is 191 Å². The number of carbonyl (C=O) groups excluding carboxylic acids is 1. The summed E-state index contributed by atoms with van der Waals surface area (Å²) >= 11 is 0. The van der Waals surface area contributed by atoms with E-state index in [0.717, 1.165) is 22.0 Å². The molecule has 1 amide bonds. The number of carbonyl (C=O) groups is 1.